The zero-order valence-corrected chi connectivity index (χ0v) is 15.8. The normalized spacial score (nSPS) is 15.6. The lowest BCUT2D eigenvalue weighted by Crippen LogP contribution is -2.42. The Morgan fingerprint density at radius 1 is 0.857 bits per heavy atom. The Bertz CT molecular complexity index is 986. The first kappa shape index (κ1) is 18.0. The molecular formula is C24H22N2O2. The van der Waals surface area contributed by atoms with E-state index in [-0.39, 0.29) is 17.9 Å². The van der Waals surface area contributed by atoms with Crippen molar-refractivity contribution in [1.29, 1.82) is 0 Å². The average Bonchev–Trinajstić information content (AvgIpc) is 2.75. The molecule has 4 nitrogen and oxygen atoms in total. The Kier molecular flexibility index (Phi) is 4.94. The van der Waals surface area contributed by atoms with Crippen molar-refractivity contribution in [2.24, 2.45) is 0 Å². The molecule has 1 aliphatic heterocycles. The van der Waals surface area contributed by atoms with Crippen LogP contribution in [0.4, 0.5) is 11.4 Å². The molecule has 4 heteroatoms. The van der Waals surface area contributed by atoms with E-state index in [0.717, 1.165) is 16.9 Å². The van der Waals surface area contributed by atoms with E-state index >= 15 is 0 Å². The van der Waals surface area contributed by atoms with Crippen molar-refractivity contribution in [2.45, 2.75) is 19.4 Å². The molecule has 0 aliphatic carbocycles. The molecular weight excluding hydrogens is 348 g/mol. The molecule has 1 heterocycles. The minimum atomic E-state index is -0.101. The van der Waals surface area contributed by atoms with E-state index < -0.39 is 0 Å². The SMILES string of the molecule is CC(=O)N(c1ccccc1)C1CCN(C(=O)c2ccccc2)c2ccccc21. The van der Waals surface area contributed by atoms with Crippen LogP contribution in [0.2, 0.25) is 0 Å². The van der Waals surface area contributed by atoms with Gasteiger partial charge in [0.2, 0.25) is 5.91 Å². The molecule has 0 spiro atoms. The van der Waals surface area contributed by atoms with E-state index in [1.54, 1.807) is 6.92 Å². The van der Waals surface area contributed by atoms with Gasteiger partial charge in [-0.1, -0.05) is 54.6 Å². The van der Waals surface area contributed by atoms with Crippen molar-refractivity contribution in [2.75, 3.05) is 16.3 Å². The van der Waals surface area contributed by atoms with Gasteiger partial charge >= 0.3 is 0 Å². The van der Waals surface area contributed by atoms with Gasteiger partial charge in [0.1, 0.15) is 0 Å². The molecule has 4 rings (SSSR count). The van der Waals surface area contributed by atoms with Crippen molar-refractivity contribution in [3.63, 3.8) is 0 Å². The maximum absolute atomic E-state index is 13.1. The molecule has 0 aromatic heterocycles. The number of fused-ring (bicyclic) bond motifs is 1. The molecule has 0 radical (unpaired) electrons. The van der Waals surface area contributed by atoms with Crippen LogP contribution in [-0.2, 0) is 4.79 Å². The van der Waals surface area contributed by atoms with Crippen molar-refractivity contribution in [1.82, 2.24) is 0 Å². The Balaban J connectivity index is 1.74. The third kappa shape index (κ3) is 3.29. The zero-order chi connectivity index (χ0) is 19.5. The van der Waals surface area contributed by atoms with E-state index in [1.807, 2.05) is 94.7 Å². The van der Waals surface area contributed by atoms with Gasteiger partial charge in [0.15, 0.2) is 0 Å². The molecule has 1 unspecified atom stereocenters. The standard InChI is InChI=1S/C24H22N2O2/c1-18(27)26(20-12-6-3-7-13-20)23-16-17-25(22-15-9-8-14-21(22)23)24(28)19-10-4-2-5-11-19/h2-15,23H,16-17H2,1H3. The summed E-state index contributed by atoms with van der Waals surface area (Å²) in [5.74, 6) is -0.0191. The Hall–Kier alpha value is -3.40. The summed E-state index contributed by atoms with van der Waals surface area (Å²) in [4.78, 5) is 29.3. The number of carbonyl (C=O) groups excluding carboxylic acids is 2. The fraction of sp³-hybridized carbons (Fsp3) is 0.167. The first-order valence-electron chi connectivity index (χ1n) is 9.47. The Labute approximate surface area is 165 Å². The molecule has 28 heavy (non-hydrogen) atoms. The molecule has 2 amide bonds. The number of hydrogen-bond donors (Lipinski definition) is 0. The second-order valence-corrected chi connectivity index (χ2v) is 6.91. The molecule has 0 saturated heterocycles. The summed E-state index contributed by atoms with van der Waals surface area (Å²) in [7, 11) is 0. The minimum absolute atomic E-state index is 0.00570. The number of anilines is 2. The number of rotatable bonds is 3. The van der Waals surface area contributed by atoms with Crippen LogP contribution < -0.4 is 9.80 Å². The highest BCUT2D eigenvalue weighted by molar-refractivity contribution is 6.07. The van der Waals surface area contributed by atoms with E-state index in [4.69, 9.17) is 0 Å². The molecule has 1 aliphatic rings. The van der Waals surface area contributed by atoms with E-state index in [0.29, 0.717) is 18.5 Å². The van der Waals surface area contributed by atoms with Crippen LogP contribution in [0.25, 0.3) is 0 Å². The van der Waals surface area contributed by atoms with Crippen LogP contribution in [0.1, 0.15) is 35.3 Å². The maximum Gasteiger partial charge on any atom is 0.258 e. The van der Waals surface area contributed by atoms with Crippen molar-refractivity contribution in [3.8, 4) is 0 Å². The van der Waals surface area contributed by atoms with Crippen LogP contribution in [-0.4, -0.2) is 18.4 Å². The summed E-state index contributed by atoms with van der Waals surface area (Å²) in [6.07, 6.45) is 0.685. The molecule has 1 atom stereocenters. The van der Waals surface area contributed by atoms with Gasteiger partial charge < -0.3 is 9.80 Å². The van der Waals surface area contributed by atoms with Gasteiger partial charge in [-0.05, 0) is 42.3 Å². The lowest BCUT2D eigenvalue weighted by Gasteiger charge is -2.39. The molecule has 3 aromatic rings. The highest BCUT2D eigenvalue weighted by Crippen LogP contribution is 2.40. The topological polar surface area (TPSA) is 40.6 Å². The van der Waals surface area contributed by atoms with E-state index in [1.165, 1.54) is 0 Å². The van der Waals surface area contributed by atoms with Gasteiger partial charge in [-0.3, -0.25) is 9.59 Å². The molecule has 0 fully saturated rings. The molecule has 0 N–H and O–H groups in total. The van der Waals surface area contributed by atoms with Gasteiger partial charge in [-0.25, -0.2) is 0 Å². The van der Waals surface area contributed by atoms with Gasteiger partial charge in [-0.2, -0.15) is 0 Å². The second kappa shape index (κ2) is 7.69. The van der Waals surface area contributed by atoms with Crippen molar-refractivity contribution >= 4 is 23.2 Å². The third-order valence-electron chi connectivity index (χ3n) is 5.16. The fourth-order valence-electron chi connectivity index (χ4n) is 3.93. The van der Waals surface area contributed by atoms with Crippen LogP contribution in [0.3, 0.4) is 0 Å². The smallest absolute Gasteiger partial charge is 0.258 e. The summed E-state index contributed by atoms with van der Waals surface area (Å²) < 4.78 is 0. The molecule has 0 bridgehead atoms. The maximum atomic E-state index is 13.1. The zero-order valence-electron chi connectivity index (χ0n) is 15.8. The number of nitrogens with zero attached hydrogens (tertiary/aromatic N) is 2. The molecule has 3 aromatic carbocycles. The first-order valence-corrected chi connectivity index (χ1v) is 9.47. The van der Waals surface area contributed by atoms with Gasteiger partial charge in [0.25, 0.3) is 5.91 Å². The summed E-state index contributed by atoms with van der Waals surface area (Å²) in [6, 6.07) is 26.8. The first-order chi connectivity index (χ1) is 13.7. The average molecular weight is 370 g/mol. The van der Waals surface area contributed by atoms with Crippen LogP contribution in [0.15, 0.2) is 84.9 Å². The lowest BCUT2D eigenvalue weighted by atomic mass is 9.93. The monoisotopic (exact) mass is 370 g/mol. The van der Waals surface area contributed by atoms with Crippen LogP contribution >= 0.6 is 0 Å². The van der Waals surface area contributed by atoms with Gasteiger partial charge in [0, 0.05) is 30.4 Å². The number of hydrogen-bond acceptors (Lipinski definition) is 2. The Morgan fingerprint density at radius 2 is 1.46 bits per heavy atom. The predicted octanol–water partition coefficient (Wildman–Crippen LogP) is 4.83. The lowest BCUT2D eigenvalue weighted by molar-refractivity contribution is -0.117. The second-order valence-electron chi connectivity index (χ2n) is 6.91. The van der Waals surface area contributed by atoms with Crippen molar-refractivity contribution in [3.05, 3.63) is 96.1 Å². The van der Waals surface area contributed by atoms with Crippen LogP contribution in [0.5, 0.6) is 0 Å². The van der Waals surface area contributed by atoms with Crippen molar-refractivity contribution < 1.29 is 9.59 Å². The summed E-state index contributed by atoms with van der Waals surface area (Å²) in [6.45, 7) is 2.16. The number of amides is 2. The molecule has 0 saturated carbocycles. The minimum Gasteiger partial charge on any atom is -0.308 e. The summed E-state index contributed by atoms with van der Waals surface area (Å²) >= 11 is 0. The summed E-state index contributed by atoms with van der Waals surface area (Å²) in [5.41, 5.74) is 3.41. The van der Waals surface area contributed by atoms with Crippen LogP contribution in [0, 0.1) is 0 Å². The quantitative estimate of drug-likeness (QED) is 0.662. The number of carbonyl (C=O) groups is 2. The largest absolute Gasteiger partial charge is 0.308 e. The third-order valence-corrected chi connectivity index (χ3v) is 5.16. The van der Waals surface area contributed by atoms with Gasteiger partial charge in [0.05, 0.1) is 6.04 Å². The predicted molar refractivity (Wildman–Crippen MR) is 112 cm³/mol. The highest BCUT2D eigenvalue weighted by atomic mass is 16.2. The Morgan fingerprint density at radius 3 is 2.14 bits per heavy atom. The highest BCUT2D eigenvalue weighted by Gasteiger charge is 2.34. The summed E-state index contributed by atoms with van der Waals surface area (Å²) in [5, 5.41) is 0. The van der Waals surface area contributed by atoms with E-state index in [2.05, 4.69) is 0 Å². The number of benzene rings is 3. The number of para-hydroxylation sites is 2. The van der Waals surface area contributed by atoms with E-state index in [9.17, 15) is 9.59 Å². The molecule has 140 valence electrons. The van der Waals surface area contributed by atoms with Gasteiger partial charge in [-0.15, -0.1) is 0 Å². The fourth-order valence-corrected chi connectivity index (χ4v) is 3.93.